The normalized spacial score (nSPS) is 10.9. The zero-order valence-corrected chi connectivity index (χ0v) is 17.7. The first-order chi connectivity index (χ1) is 14.2. The van der Waals surface area contributed by atoms with E-state index in [1.807, 2.05) is 6.92 Å². The Morgan fingerprint density at radius 1 is 0.933 bits per heavy atom. The lowest BCUT2D eigenvalue weighted by Crippen LogP contribution is -2.43. The van der Waals surface area contributed by atoms with Gasteiger partial charge in [-0.15, -0.1) is 0 Å². The maximum atomic E-state index is 12.5. The maximum absolute atomic E-state index is 12.5. The fraction of sp³-hybridized carbons (Fsp3) is 0.105. The number of thiazole rings is 1. The van der Waals surface area contributed by atoms with Crippen molar-refractivity contribution in [3.8, 4) is 0 Å². The minimum Gasteiger partial charge on any atom is -0.296 e. The van der Waals surface area contributed by atoms with Crippen LogP contribution < -0.4 is 20.9 Å². The molecule has 1 aromatic heterocycles. The number of nitrogens with one attached hydrogen (secondary N) is 4. The van der Waals surface area contributed by atoms with Gasteiger partial charge in [-0.3, -0.25) is 20.3 Å². The molecule has 1 heterocycles. The van der Waals surface area contributed by atoms with E-state index in [9.17, 15) is 18.0 Å². The van der Waals surface area contributed by atoms with Crippen molar-refractivity contribution >= 4 is 43.4 Å². The predicted molar refractivity (Wildman–Crippen MR) is 115 cm³/mol. The van der Waals surface area contributed by atoms with Gasteiger partial charge < -0.3 is 0 Å². The molecule has 9 nitrogen and oxygen atoms in total. The van der Waals surface area contributed by atoms with Crippen molar-refractivity contribution in [1.29, 1.82) is 0 Å². The number of aromatic nitrogens is 1. The number of rotatable bonds is 5. The highest BCUT2D eigenvalue weighted by Gasteiger charge is 2.18. The Kier molecular flexibility index (Phi) is 6.33. The molecular weight excluding hydrogens is 426 g/mol. The van der Waals surface area contributed by atoms with Crippen LogP contribution in [0.4, 0.5) is 14.9 Å². The molecular formula is C19H19N5O4S2. The molecule has 0 atom stereocenters. The standard InChI is InChI=1S/C19H19N5O4S2/c1-12-8-10-15(11-9-12)30(27,28)24-19-20-13(2)17(29-19)21-18(26)23-22-16(25)14-6-4-3-5-7-14/h3-11H,1-2H3,(H,20,24)(H,22,25)(H2,21,23,26). The molecule has 30 heavy (non-hydrogen) atoms. The molecule has 11 heteroatoms. The summed E-state index contributed by atoms with van der Waals surface area (Å²) in [7, 11) is -3.80. The summed E-state index contributed by atoms with van der Waals surface area (Å²) in [5.41, 5.74) is 6.27. The molecule has 0 saturated heterocycles. The Bertz CT molecular complexity index is 1160. The molecule has 0 aliphatic rings. The van der Waals surface area contributed by atoms with Crippen LogP contribution in [0.5, 0.6) is 0 Å². The summed E-state index contributed by atoms with van der Waals surface area (Å²) in [6.07, 6.45) is 0. The van der Waals surface area contributed by atoms with Gasteiger partial charge in [0.25, 0.3) is 15.9 Å². The highest BCUT2D eigenvalue weighted by molar-refractivity contribution is 7.93. The molecule has 0 aliphatic heterocycles. The highest BCUT2D eigenvalue weighted by atomic mass is 32.2. The molecule has 2 aromatic carbocycles. The Morgan fingerprint density at radius 2 is 1.60 bits per heavy atom. The van der Waals surface area contributed by atoms with Crippen molar-refractivity contribution in [3.05, 3.63) is 71.4 Å². The van der Waals surface area contributed by atoms with Crippen molar-refractivity contribution in [2.75, 3.05) is 10.0 Å². The van der Waals surface area contributed by atoms with E-state index in [-0.39, 0.29) is 10.0 Å². The van der Waals surface area contributed by atoms with Crippen LogP contribution in [-0.2, 0) is 10.0 Å². The first-order valence-corrected chi connectivity index (χ1v) is 11.0. The van der Waals surface area contributed by atoms with Crippen LogP contribution in [0.3, 0.4) is 0 Å². The number of carbonyl (C=O) groups is 2. The van der Waals surface area contributed by atoms with E-state index in [1.165, 1.54) is 12.1 Å². The van der Waals surface area contributed by atoms with Crippen LogP contribution in [0.25, 0.3) is 0 Å². The third kappa shape index (κ3) is 5.33. The van der Waals surface area contributed by atoms with Crippen molar-refractivity contribution in [2.45, 2.75) is 18.7 Å². The van der Waals surface area contributed by atoms with Gasteiger partial charge in [0.05, 0.1) is 10.6 Å². The van der Waals surface area contributed by atoms with Crippen LogP contribution in [-0.4, -0.2) is 25.3 Å². The number of nitrogens with zero attached hydrogens (tertiary/aromatic N) is 1. The number of benzene rings is 2. The summed E-state index contributed by atoms with van der Waals surface area (Å²) in [4.78, 5) is 28.2. The molecule has 4 N–H and O–H groups in total. The second kappa shape index (κ2) is 8.93. The smallest absolute Gasteiger partial charge is 0.296 e. The molecule has 156 valence electrons. The van der Waals surface area contributed by atoms with E-state index >= 15 is 0 Å². The van der Waals surface area contributed by atoms with E-state index < -0.39 is 22.0 Å². The molecule has 0 radical (unpaired) electrons. The van der Waals surface area contributed by atoms with E-state index in [4.69, 9.17) is 0 Å². The van der Waals surface area contributed by atoms with Crippen molar-refractivity contribution in [2.24, 2.45) is 0 Å². The molecule has 3 rings (SSSR count). The minimum absolute atomic E-state index is 0.108. The Morgan fingerprint density at radius 3 is 2.27 bits per heavy atom. The lowest BCUT2D eigenvalue weighted by molar-refractivity contribution is 0.0938. The summed E-state index contributed by atoms with van der Waals surface area (Å²) in [6.45, 7) is 3.48. The summed E-state index contributed by atoms with van der Waals surface area (Å²) >= 11 is 0.957. The Labute approximate surface area is 177 Å². The second-order valence-electron chi connectivity index (χ2n) is 6.25. The van der Waals surface area contributed by atoms with Crippen molar-refractivity contribution < 1.29 is 18.0 Å². The van der Waals surface area contributed by atoms with Crippen LogP contribution in [0.1, 0.15) is 21.6 Å². The lowest BCUT2D eigenvalue weighted by Gasteiger charge is -2.08. The zero-order chi connectivity index (χ0) is 21.7. The number of aryl methyl sites for hydroxylation is 2. The quantitative estimate of drug-likeness (QED) is 0.449. The number of amides is 3. The number of hydrogen-bond acceptors (Lipinski definition) is 6. The van der Waals surface area contributed by atoms with Gasteiger partial charge in [0.2, 0.25) is 0 Å². The molecule has 0 saturated carbocycles. The molecule has 0 bridgehead atoms. The number of sulfonamides is 1. The summed E-state index contributed by atoms with van der Waals surface area (Å²) < 4.78 is 27.4. The second-order valence-corrected chi connectivity index (χ2v) is 8.93. The van der Waals surface area contributed by atoms with Crippen LogP contribution in [0.15, 0.2) is 59.5 Å². The third-order valence-corrected chi connectivity index (χ3v) is 6.37. The van der Waals surface area contributed by atoms with E-state index in [0.717, 1.165) is 16.9 Å². The first kappa shape index (κ1) is 21.3. The number of anilines is 2. The summed E-state index contributed by atoms with van der Waals surface area (Å²) in [6, 6.07) is 14.1. The van der Waals surface area contributed by atoms with E-state index in [1.54, 1.807) is 49.4 Å². The van der Waals surface area contributed by atoms with Gasteiger partial charge in [0, 0.05) is 5.56 Å². The average molecular weight is 446 g/mol. The fourth-order valence-corrected chi connectivity index (χ4v) is 4.45. The van der Waals surface area contributed by atoms with Gasteiger partial charge in [0.1, 0.15) is 5.00 Å². The van der Waals surface area contributed by atoms with Gasteiger partial charge in [-0.2, -0.15) is 0 Å². The summed E-state index contributed by atoms with van der Waals surface area (Å²) in [5, 5.41) is 2.97. The number of carbonyl (C=O) groups excluding carboxylic acids is 2. The predicted octanol–water partition coefficient (Wildman–Crippen LogP) is 3.03. The molecule has 3 aromatic rings. The zero-order valence-electron chi connectivity index (χ0n) is 16.1. The largest absolute Gasteiger partial charge is 0.338 e. The van der Waals surface area contributed by atoms with Crippen LogP contribution >= 0.6 is 11.3 Å². The molecule has 0 spiro atoms. The Balaban J connectivity index is 1.61. The molecule has 0 unspecified atom stereocenters. The Hall–Kier alpha value is -3.44. The first-order valence-electron chi connectivity index (χ1n) is 8.74. The highest BCUT2D eigenvalue weighted by Crippen LogP contribution is 2.29. The maximum Gasteiger partial charge on any atom is 0.338 e. The van der Waals surface area contributed by atoms with Crippen molar-refractivity contribution in [1.82, 2.24) is 15.8 Å². The van der Waals surface area contributed by atoms with Gasteiger partial charge in [-0.25, -0.2) is 23.6 Å². The number of urea groups is 1. The van der Waals surface area contributed by atoms with Crippen LogP contribution in [0.2, 0.25) is 0 Å². The number of hydrogen-bond donors (Lipinski definition) is 4. The van der Waals surface area contributed by atoms with Gasteiger partial charge in [-0.05, 0) is 38.1 Å². The average Bonchev–Trinajstić information content (AvgIpc) is 3.05. The van der Waals surface area contributed by atoms with E-state index in [2.05, 4.69) is 25.9 Å². The molecule has 0 fully saturated rings. The fourth-order valence-electron chi connectivity index (χ4n) is 2.36. The van der Waals surface area contributed by atoms with Gasteiger partial charge in [-0.1, -0.05) is 47.2 Å². The van der Waals surface area contributed by atoms with Gasteiger partial charge >= 0.3 is 6.03 Å². The van der Waals surface area contributed by atoms with Crippen LogP contribution in [0, 0.1) is 13.8 Å². The topological polar surface area (TPSA) is 129 Å². The number of hydrazine groups is 1. The van der Waals surface area contributed by atoms with Gasteiger partial charge in [0.15, 0.2) is 5.13 Å². The molecule has 0 aliphatic carbocycles. The SMILES string of the molecule is Cc1ccc(S(=O)(=O)Nc2nc(C)c(NC(=O)NNC(=O)c3ccccc3)s2)cc1. The third-order valence-electron chi connectivity index (χ3n) is 3.90. The van der Waals surface area contributed by atoms with E-state index in [0.29, 0.717) is 16.3 Å². The summed E-state index contributed by atoms with van der Waals surface area (Å²) in [5.74, 6) is -0.474. The lowest BCUT2D eigenvalue weighted by atomic mass is 10.2. The van der Waals surface area contributed by atoms with Crippen molar-refractivity contribution in [3.63, 3.8) is 0 Å². The monoisotopic (exact) mass is 445 g/mol. The molecule has 3 amide bonds. The minimum atomic E-state index is -3.80.